The molecule has 0 N–H and O–H groups in total. The minimum Gasteiger partial charge on any atom is -0.462 e. The van der Waals surface area contributed by atoms with Gasteiger partial charge in [0.25, 0.3) is 0 Å². The minimum atomic E-state index is -0.00365. The lowest BCUT2D eigenvalue weighted by Gasteiger charge is -2.35. The summed E-state index contributed by atoms with van der Waals surface area (Å²) in [5.41, 5.74) is 0. The number of carbonyl (C=O) groups is 1. The van der Waals surface area contributed by atoms with Crippen LogP contribution in [0.5, 0.6) is 0 Å². The second-order valence-electron chi connectivity index (χ2n) is 4.78. The zero-order valence-electron chi connectivity index (χ0n) is 9.75. The molecule has 14 heavy (non-hydrogen) atoms. The van der Waals surface area contributed by atoms with E-state index in [1.165, 1.54) is 0 Å². The molecule has 0 aromatic heterocycles. The van der Waals surface area contributed by atoms with E-state index < -0.39 is 0 Å². The van der Waals surface area contributed by atoms with Crippen LogP contribution in [0.25, 0.3) is 0 Å². The van der Waals surface area contributed by atoms with E-state index in [1.54, 1.807) is 0 Å². The SMILES string of the molecule is CCC[C@@H](C)[C@@H]1OC(=O)[C@H](C)C[C@H]1C. The van der Waals surface area contributed by atoms with Gasteiger partial charge in [-0.2, -0.15) is 0 Å². The molecule has 1 heterocycles. The largest absolute Gasteiger partial charge is 0.462 e. The highest BCUT2D eigenvalue weighted by Crippen LogP contribution is 2.31. The van der Waals surface area contributed by atoms with E-state index in [4.69, 9.17) is 4.74 Å². The van der Waals surface area contributed by atoms with E-state index >= 15 is 0 Å². The number of rotatable bonds is 3. The lowest BCUT2D eigenvalue weighted by atomic mass is 9.82. The molecule has 0 amide bonds. The van der Waals surface area contributed by atoms with Crippen LogP contribution in [-0.4, -0.2) is 12.1 Å². The number of hydrogen-bond donors (Lipinski definition) is 0. The Morgan fingerprint density at radius 2 is 2.14 bits per heavy atom. The minimum absolute atomic E-state index is 0.00365. The van der Waals surface area contributed by atoms with Crippen LogP contribution in [-0.2, 0) is 9.53 Å². The Labute approximate surface area is 87.0 Å². The Morgan fingerprint density at radius 1 is 1.50 bits per heavy atom. The van der Waals surface area contributed by atoms with Crippen molar-refractivity contribution in [2.24, 2.45) is 17.8 Å². The maximum absolute atomic E-state index is 11.4. The van der Waals surface area contributed by atoms with E-state index in [1.807, 2.05) is 6.92 Å². The maximum Gasteiger partial charge on any atom is 0.308 e. The molecule has 0 bridgehead atoms. The van der Waals surface area contributed by atoms with Gasteiger partial charge in [0.05, 0.1) is 5.92 Å². The van der Waals surface area contributed by atoms with Gasteiger partial charge >= 0.3 is 5.97 Å². The fourth-order valence-electron chi connectivity index (χ4n) is 2.45. The van der Waals surface area contributed by atoms with Gasteiger partial charge in [0, 0.05) is 0 Å². The summed E-state index contributed by atoms with van der Waals surface area (Å²) in [6.45, 7) is 8.52. The van der Waals surface area contributed by atoms with Gasteiger partial charge < -0.3 is 4.74 Å². The summed E-state index contributed by atoms with van der Waals surface area (Å²) in [4.78, 5) is 11.4. The molecule has 0 spiro atoms. The molecule has 1 aliphatic rings. The van der Waals surface area contributed by atoms with Crippen LogP contribution in [0.4, 0.5) is 0 Å². The molecule has 2 nitrogen and oxygen atoms in total. The van der Waals surface area contributed by atoms with E-state index in [-0.39, 0.29) is 18.0 Å². The third-order valence-corrected chi connectivity index (χ3v) is 3.25. The van der Waals surface area contributed by atoms with Crippen LogP contribution in [0.3, 0.4) is 0 Å². The molecule has 0 aliphatic carbocycles. The predicted molar refractivity (Wildman–Crippen MR) is 56.9 cm³/mol. The Balaban J connectivity index is 2.56. The van der Waals surface area contributed by atoms with Gasteiger partial charge in [0.1, 0.15) is 6.10 Å². The third kappa shape index (κ3) is 2.49. The first-order chi connectivity index (χ1) is 6.56. The normalized spacial score (nSPS) is 35.1. The quantitative estimate of drug-likeness (QED) is 0.652. The maximum atomic E-state index is 11.4. The van der Waals surface area contributed by atoms with E-state index in [9.17, 15) is 4.79 Å². The average molecular weight is 198 g/mol. The zero-order valence-corrected chi connectivity index (χ0v) is 9.75. The average Bonchev–Trinajstić information content (AvgIpc) is 2.11. The van der Waals surface area contributed by atoms with Crippen molar-refractivity contribution in [1.82, 2.24) is 0 Å². The first-order valence-corrected chi connectivity index (χ1v) is 5.76. The Morgan fingerprint density at radius 3 is 2.71 bits per heavy atom. The van der Waals surface area contributed by atoms with Gasteiger partial charge in [-0.05, 0) is 24.7 Å². The van der Waals surface area contributed by atoms with Crippen LogP contribution >= 0.6 is 0 Å². The number of carbonyl (C=O) groups excluding carboxylic acids is 1. The van der Waals surface area contributed by atoms with Gasteiger partial charge in [-0.15, -0.1) is 0 Å². The Kier molecular flexibility index (Phi) is 3.97. The van der Waals surface area contributed by atoms with Crippen molar-refractivity contribution in [2.45, 2.75) is 53.1 Å². The van der Waals surface area contributed by atoms with Crippen molar-refractivity contribution in [3.8, 4) is 0 Å². The lowest BCUT2D eigenvalue weighted by Crippen LogP contribution is -2.39. The van der Waals surface area contributed by atoms with E-state index in [0.29, 0.717) is 11.8 Å². The number of cyclic esters (lactones) is 1. The highest BCUT2D eigenvalue weighted by molar-refractivity contribution is 5.73. The second-order valence-corrected chi connectivity index (χ2v) is 4.78. The summed E-state index contributed by atoms with van der Waals surface area (Å²) in [5.74, 6) is 1.11. The third-order valence-electron chi connectivity index (χ3n) is 3.25. The molecule has 0 aromatic rings. The molecule has 0 unspecified atom stereocenters. The Bertz CT molecular complexity index is 196. The fourth-order valence-corrected chi connectivity index (χ4v) is 2.45. The number of hydrogen-bond acceptors (Lipinski definition) is 2. The Hall–Kier alpha value is -0.530. The molecule has 0 aromatic carbocycles. The number of esters is 1. The molecule has 4 atom stereocenters. The van der Waals surface area contributed by atoms with Crippen molar-refractivity contribution in [3.63, 3.8) is 0 Å². The lowest BCUT2D eigenvalue weighted by molar-refractivity contribution is -0.168. The van der Waals surface area contributed by atoms with Crippen LogP contribution in [0.15, 0.2) is 0 Å². The van der Waals surface area contributed by atoms with Crippen molar-refractivity contribution >= 4 is 5.97 Å². The number of ether oxygens (including phenoxy) is 1. The zero-order chi connectivity index (χ0) is 10.7. The van der Waals surface area contributed by atoms with Gasteiger partial charge in [-0.1, -0.05) is 34.1 Å². The van der Waals surface area contributed by atoms with Crippen molar-refractivity contribution in [1.29, 1.82) is 0 Å². The van der Waals surface area contributed by atoms with Crippen LogP contribution in [0.2, 0.25) is 0 Å². The van der Waals surface area contributed by atoms with Crippen LogP contribution < -0.4 is 0 Å². The first-order valence-electron chi connectivity index (χ1n) is 5.76. The molecular formula is C12H22O2. The van der Waals surface area contributed by atoms with Gasteiger partial charge in [0.2, 0.25) is 0 Å². The molecule has 1 fully saturated rings. The first kappa shape index (κ1) is 11.5. The summed E-state index contributed by atoms with van der Waals surface area (Å²) < 4.78 is 5.49. The van der Waals surface area contributed by atoms with Crippen molar-refractivity contribution in [2.75, 3.05) is 0 Å². The van der Waals surface area contributed by atoms with Crippen molar-refractivity contribution < 1.29 is 9.53 Å². The monoisotopic (exact) mass is 198 g/mol. The topological polar surface area (TPSA) is 26.3 Å². The molecule has 82 valence electrons. The fraction of sp³-hybridized carbons (Fsp3) is 0.917. The van der Waals surface area contributed by atoms with E-state index in [0.717, 1.165) is 19.3 Å². The summed E-state index contributed by atoms with van der Waals surface area (Å²) in [6.07, 6.45) is 3.45. The highest BCUT2D eigenvalue weighted by atomic mass is 16.5. The van der Waals surface area contributed by atoms with Gasteiger partial charge in [-0.3, -0.25) is 4.79 Å². The summed E-state index contributed by atoms with van der Waals surface area (Å²) >= 11 is 0. The summed E-state index contributed by atoms with van der Waals surface area (Å²) in [7, 11) is 0. The van der Waals surface area contributed by atoms with Crippen LogP contribution in [0, 0.1) is 17.8 Å². The van der Waals surface area contributed by atoms with Crippen molar-refractivity contribution in [3.05, 3.63) is 0 Å². The molecule has 2 heteroatoms. The molecule has 0 radical (unpaired) electrons. The van der Waals surface area contributed by atoms with E-state index in [2.05, 4.69) is 20.8 Å². The molecule has 0 saturated carbocycles. The standard InChI is InChI=1S/C12H22O2/c1-5-6-8(2)11-9(3)7-10(4)12(13)14-11/h8-11H,5-7H2,1-4H3/t8-,9-,10-,11+/m1/s1. The summed E-state index contributed by atoms with van der Waals surface area (Å²) in [5, 5.41) is 0. The predicted octanol–water partition coefficient (Wildman–Crippen LogP) is 3.01. The molecule has 1 rings (SSSR count). The van der Waals surface area contributed by atoms with Gasteiger partial charge in [0.15, 0.2) is 0 Å². The molecular weight excluding hydrogens is 176 g/mol. The molecule has 1 saturated heterocycles. The molecule has 1 aliphatic heterocycles. The highest BCUT2D eigenvalue weighted by Gasteiger charge is 2.35. The second kappa shape index (κ2) is 4.81. The van der Waals surface area contributed by atoms with Gasteiger partial charge in [-0.25, -0.2) is 0 Å². The summed E-state index contributed by atoms with van der Waals surface area (Å²) in [6, 6.07) is 0. The van der Waals surface area contributed by atoms with Crippen LogP contribution in [0.1, 0.15) is 47.0 Å². The smallest absolute Gasteiger partial charge is 0.308 e.